The van der Waals surface area contributed by atoms with Gasteiger partial charge in [0.25, 0.3) is 5.91 Å². The summed E-state index contributed by atoms with van der Waals surface area (Å²) in [6.45, 7) is 6.23. The molecule has 3 N–H and O–H groups in total. The summed E-state index contributed by atoms with van der Waals surface area (Å²) >= 11 is 1.42. The number of amides is 1. The largest absolute Gasteiger partial charge is 0.375 e. The van der Waals surface area contributed by atoms with Gasteiger partial charge in [-0.05, 0) is 48.2 Å². The van der Waals surface area contributed by atoms with Gasteiger partial charge in [0, 0.05) is 11.3 Å². The summed E-state index contributed by atoms with van der Waals surface area (Å²) in [6, 6.07) is 11.6. The van der Waals surface area contributed by atoms with Crippen molar-refractivity contribution < 1.29 is 4.79 Å². The lowest BCUT2D eigenvalue weighted by Gasteiger charge is -2.09. The van der Waals surface area contributed by atoms with Crippen LogP contribution in [0.25, 0.3) is 10.2 Å². The molecule has 2 aromatic carbocycles. The number of benzene rings is 2. The van der Waals surface area contributed by atoms with Gasteiger partial charge in [0.2, 0.25) is 0 Å². The Bertz CT molecular complexity index is 866. The third-order valence-corrected chi connectivity index (χ3v) is 4.63. The van der Waals surface area contributed by atoms with Crippen molar-refractivity contribution in [1.29, 1.82) is 0 Å². The highest BCUT2D eigenvalue weighted by Crippen LogP contribution is 2.29. The van der Waals surface area contributed by atoms with Gasteiger partial charge in [-0.25, -0.2) is 4.98 Å². The van der Waals surface area contributed by atoms with Crippen molar-refractivity contribution in [2.45, 2.75) is 26.7 Å². The predicted octanol–water partition coefficient (Wildman–Crippen LogP) is 4.56. The van der Waals surface area contributed by atoms with E-state index in [1.54, 1.807) is 0 Å². The SMILES string of the molecule is Cc1cc(NC(=O)c2ccc(C(C)C)cc2)cc2sc(N)nc12. The van der Waals surface area contributed by atoms with Gasteiger partial charge >= 0.3 is 0 Å². The lowest BCUT2D eigenvalue weighted by atomic mass is 10.0. The standard InChI is InChI=1S/C18H19N3OS/c1-10(2)12-4-6-13(7-5-12)17(22)20-14-8-11(3)16-15(9-14)23-18(19)21-16/h4-10H,1-3H3,(H2,19,21)(H,20,22). The zero-order chi connectivity index (χ0) is 16.6. The first kappa shape index (κ1) is 15.5. The summed E-state index contributed by atoms with van der Waals surface area (Å²) in [4.78, 5) is 16.7. The second kappa shape index (κ2) is 6.01. The Morgan fingerprint density at radius 1 is 1.22 bits per heavy atom. The molecule has 0 radical (unpaired) electrons. The molecule has 0 saturated carbocycles. The quantitative estimate of drug-likeness (QED) is 0.741. The van der Waals surface area contributed by atoms with Gasteiger partial charge in [0.05, 0.1) is 10.2 Å². The number of hydrogen-bond donors (Lipinski definition) is 2. The molecule has 0 aliphatic heterocycles. The first-order chi connectivity index (χ1) is 10.9. The van der Waals surface area contributed by atoms with Gasteiger partial charge in [-0.1, -0.05) is 37.3 Å². The number of carbonyl (C=O) groups is 1. The molecule has 3 rings (SSSR count). The summed E-state index contributed by atoms with van der Waals surface area (Å²) in [5.74, 6) is 0.338. The molecule has 0 saturated heterocycles. The average Bonchev–Trinajstić information content (AvgIpc) is 2.88. The van der Waals surface area contributed by atoms with Crippen molar-refractivity contribution in [1.82, 2.24) is 4.98 Å². The molecule has 5 heteroatoms. The molecule has 0 bridgehead atoms. The molecule has 118 valence electrons. The number of hydrogen-bond acceptors (Lipinski definition) is 4. The molecular formula is C18H19N3OS. The fraction of sp³-hybridized carbons (Fsp3) is 0.222. The molecule has 0 spiro atoms. The topological polar surface area (TPSA) is 68.0 Å². The zero-order valence-electron chi connectivity index (χ0n) is 13.4. The molecule has 0 fully saturated rings. The van der Waals surface area contributed by atoms with Crippen molar-refractivity contribution in [2.24, 2.45) is 0 Å². The normalized spacial score (nSPS) is 11.1. The van der Waals surface area contributed by atoms with E-state index in [1.807, 2.05) is 43.3 Å². The number of nitrogens with zero attached hydrogens (tertiary/aromatic N) is 1. The lowest BCUT2D eigenvalue weighted by molar-refractivity contribution is 0.102. The van der Waals surface area contributed by atoms with Gasteiger partial charge < -0.3 is 11.1 Å². The minimum Gasteiger partial charge on any atom is -0.375 e. The van der Waals surface area contributed by atoms with Crippen LogP contribution in [0, 0.1) is 6.92 Å². The molecule has 0 atom stereocenters. The number of aromatic nitrogens is 1. The van der Waals surface area contributed by atoms with Gasteiger partial charge in [-0.15, -0.1) is 0 Å². The Kier molecular flexibility index (Phi) is 4.05. The van der Waals surface area contributed by atoms with Crippen LogP contribution in [-0.4, -0.2) is 10.9 Å². The molecule has 23 heavy (non-hydrogen) atoms. The summed E-state index contributed by atoms with van der Waals surface area (Å²) in [5.41, 5.74) is 10.3. The fourth-order valence-electron chi connectivity index (χ4n) is 2.51. The van der Waals surface area contributed by atoms with Crippen LogP contribution in [0.3, 0.4) is 0 Å². The number of nitrogen functional groups attached to an aromatic ring is 1. The van der Waals surface area contributed by atoms with E-state index in [4.69, 9.17) is 5.73 Å². The molecule has 0 aliphatic carbocycles. The molecule has 0 unspecified atom stereocenters. The van der Waals surface area contributed by atoms with Crippen LogP contribution in [0.15, 0.2) is 36.4 Å². The van der Waals surface area contributed by atoms with Crippen molar-refractivity contribution >= 4 is 38.3 Å². The highest BCUT2D eigenvalue weighted by molar-refractivity contribution is 7.22. The third-order valence-electron chi connectivity index (χ3n) is 3.80. The van der Waals surface area contributed by atoms with E-state index < -0.39 is 0 Å². The van der Waals surface area contributed by atoms with E-state index in [1.165, 1.54) is 16.9 Å². The number of nitrogens with one attached hydrogen (secondary N) is 1. The second-order valence-electron chi connectivity index (χ2n) is 5.92. The Labute approximate surface area is 139 Å². The van der Waals surface area contributed by atoms with Gasteiger partial charge in [0.15, 0.2) is 5.13 Å². The molecule has 1 heterocycles. The van der Waals surface area contributed by atoms with E-state index >= 15 is 0 Å². The predicted molar refractivity (Wildman–Crippen MR) is 97.3 cm³/mol. The Morgan fingerprint density at radius 2 is 1.91 bits per heavy atom. The van der Waals surface area contributed by atoms with Crippen LogP contribution in [-0.2, 0) is 0 Å². The molecular weight excluding hydrogens is 306 g/mol. The van der Waals surface area contributed by atoms with Gasteiger partial charge in [0.1, 0.15) is 0 Å². The number of thiazole rings is 1. The minimum atomic E-state index is -0.114. The van der Waals surface area contributed by atoms with Crippen LogP contribution < -0.4 is 11.1 Å². The van der Waals surface area contributed by atoms with E-state index in [0.29, 0.717) is 16.6 Å². The smallest absolute Gasteiger partial charge is 0.255 e. The van der Waals surface area contributed by atoms with Crippen LogP contribution in [0.5, 0.6) is 0 Å². The first-order valence-electron chi connectivity index (χ1n) is 7.52. The van der Waals surface area contributed by atoms with Crippen molar-refractivity contribution in [3.8, 4) is 0 Å². The summed E-state index contributed by atoms with van der Waals surface area (Å²) < 4.78 is 0.980. The van der Waals surface area contributed by atoms with Crippen molar-refractivity contribution in [3.05, 3.63) is 53.1 Å². The molecule has 4 nitrogen and oxygen atoms in total. The zero-order valence-corrected chi connectivity index (χ0v) is 14.2. The maximum atomic E-state index is 12.4. The number of nitrogens with two attached hydrogens (primary N) is 1. The number of rotatable bonds is 3. The summed E-state index contributed by atoms with van der Waals surface area (Å²) in [6.07, 6.45) is 0. The monoisotopic (exact) mass is 325 g/mol. The first-order valence-corrected chi connectivity index (χ1v) is 8.33. The highest BCUT2D eigenvalue weighted by atomic mass is 32.1. The van der Waals surface area contributed by atoms with Crippen molar-refractivity contribution in [2.75, 3.05) is 11.1 Å². The van der Waals surface area contributed by atoms with E-state index in [0.717, 1.165) is 21.5 Å². The molecule has 1 aromatic heterocycles. The van der Waals surface area contributed by atoms with E-state index in [-0.39, 0.29) is 5.91 Å². The Morgan fingerprint density at radius 3 is 2.57 bits per heavy atom. The Hall–Kier alpha value is -2.40. The molecule has 3 aromatic rings. The summed E-state index contributed by atoms with van der Waals surface area (Å²) in [5, 5.41) is 3.49. The van der Waals surface area contributed by atoms with Gasteiger partial charge in [-0.2, -0.15) is 0 Å². The van der Waals surface area contributed by atoms with Crippen LogP contribution in [0.4, 0.5) is 10.8 Å². The van der Waals surface area contributed by atoms with Crippen LogP contribution in [0.2, 0.25) is 0 Å². The number of aryl methyl sites for hydroxylation is 1. The summed E-state index contributed by atoms with van der Waals surface area (Å²) in [7, 11) is 0. The Balaban J connectivity index is 1.84. The van der Waals surface area contributed by atoms with E-state index in [2.05, 4.69) is 24.1 Å². The lowest BCUT2D eigenvalue weighted by Crippen LogP contribution is -2.12. The van der Waals surface area contributed by atoms with Gasteiger partial charge in [-0.3, -0.25) is 4.79 Å². The number of fused-ring (bicyclic) bond motifs is 1. The number of carbonyl (C=O) groups excluding carboxylic acids is 1. The molecule has 1 amide bonds. The van der Waals surface area contributed by atoms with Crippen molar-refractivity contribution in [3.63, 3.8) is 0 Å². The fourth-order valence-corrected chi connectivity index (χ4v) is 3.36. The average molecular weight is 325 g/mol. The minimum absolute atomic E-state index is 0.114. The number of anilines is 2. The van der Waals surface area contributed by atoms with Crippen LogP contribution in [0.1, 0.15) is 41.3 Å². The maximum Gasteiger partial charge on any atom is 0.255 e. The maximum absolute atomic E-state index is 12.4. The molecule has 0 aliphatic rings. The highest BCUT2D eigenvalue weighted by Gasteiger charge is 2.10. The van der Waals surface area contributed by atoms with E-state index in [9.17, 15) is 4.79 Å². The second-order valence-corrected chi connectivity index (χ2v) is 6.99. The van der Waals surface area contributed by atoms with Crippen LogP contribution >= 0.6 is 11.3 Å². The third kappa shape index (κ3) is 3.19.